The van der Waals surface area contributed by atoms with Crippen LogP contribution in [0.2, 0.25) is 0 Å². The molecule has 0 aliphatic heterocycles. The van der Waals surface area contributed by atoms with Gasteiger partial charge in [-0.3, -0.25) is 10.1 Å². The summed E-state index contributed by atoms with van der Waals surface area (Å²) in [5, 5.41) is 9.09. The molecule has 0 saturated heterocycles. The third kappa shape index (κ3) is 3.86. The highest BCUT2D eigenvalue weighted by atomic mass is 16.2. The van der Waals surface area contributed by atoms with E-state index in [0.29, 0.717) is 6.04 Å². The van der Waals surface area contributed by atoms with Gasteiger partial charge in [-0.25, -0.2) is 4.79 Å². The molecule has 0 aromatic heterocycles. The quantitative estimate of drug-likeness (QED) is 0.732. The van der Waals surface area contributed by atoms with Crippen LogP contribution in [0, 0.1) is 23.7 Å². The number of hydrogen-bond donors (Lipinski definition) is 3. The van der Waals surface area contributed by atoms with Crippen molar-refractivity contribution in [2.45, 2.75) is 89.3 Å². The van der Waals surface area contributed by atoms with Gasteiger partial charge in [0.05, 0.1) is 6.04 Å². The van der Waals surface area contributed by atoms with Gasteiger partial charge in [-0.05, 0) is 75.5 Å². The third-order valence-corrected chi connectivity index (χ3v) is 7.24. The van der Waals surface area contributed by atoms with Crippen molar-refractivity contribution in [2.75, 3.05) is 0 Å². The first-order chi connectivity index (χ1) is 12.1. The van der Waals surface area contributed by atoms with Gasteiger partial charge in [0.1, 0.15) is 0 Å². The Bertz CT molecular complexity index is 487. The minimum Gasteiger partial charge on any atom is -0.335 e. The number of rotatable bonds is 4. The fourth-order valence-electron chi connectivity index (χ4n) is 6.25. The largest absolute Gasteiger partial charge is 0.335 e. The highest BCUT2D eigenvalue weighted by Gasteiger charge is 2.48. The number of urea groups is 1. The smallest absolute Gasteiger partial charge is 0.321 e. The van der Waals surface area contributed by atoms with Crippen molar-refractivity contribution in [2.24, 2.45) is 23.7 Å². The van der Waals surface area contributed by atoms with Crippen molar-refractivity contribution >= 4 is 11.9 Å². The Balaban J connectivity index is 1.25. The molecule has 5 nitrogen and oxygen atoms in total. The first-order valence-corrected chi connectivity index (χ1v) is 10.5. The molecule has 0 heterocycles. The lowest BCUT2D eigenvalue weighted by Gasteiger charge is -2.55. The second kappa shape index (κ2) is 7.26. The minimum absolute atomic E-state index is 0.192. The first-order valence-electron chi connectivity index (χ1n) is 10.5. The molecule has 0 aromatic rings. The van der Waals surface area contributed by atoms with Crippen molar-refractivity contribution in [3.05, 3.63) is 0 Å². The van der Waals surface area contributed by atoms with E-state index >= 15 is 0 Å². The Morgan fingerprint density at radius 3 is 2.08 bits per heavy atom. The SMILES string of the molecule is C[C@H](NC1C2CC3CC(C2)CC1C3)C(=O)NC(=O)NC1CCCCC1. The molecule has 5 aliphatic carbocycles. The zero-order chi connectivity index (χ0) is 17.4. The molecule has 3 amide bonds. The molecule has 3 N–H and O–H groups in total. The highest BCUT2D eigenvalue weighted by Crippen LogP contribution is 2.53. The minimum atomic E-state index is -0.323. The molecule has 140 valence electrons. The van der Waals surface area contributed by atoms with Gasteiger partial charge >= 0.3 is 6.03 Å². The number of amides is 3. The molecule has 25 heavy (non-hydrogen) atoms. The summed E-state index contributed by atoms with van der Waals surface area (Å²) in [5.41, 5.74) is 0. The molecule has 5 saturated carbocycles. The van der Waals surface area contributed by atoms with Crippen LogP contribution >= 0.6 is 0 Å². The normalized spacial score (nSPS) is 38.4. The molecule has 0 radical (unpaired) electrons. The van der Waals surface area contributed by atoms with Crippen molar-refractivity contribution in [1.29, 1.82) is 0 Å². The summed E-state index contributed by atoms with van der Waals surface area (Å²) in [4.78, 5) is 24.5. The van der Waals surface area contributed by atoms with Crippen LogP contribution in [0.4, 0.5) is 4.79 Å². The zero-order valence-corrected chi connectivity index (χ0v) is 15.4. The van der Waals surface area contributed by atoms with Crippen molar-refractivity contribution in [1.82, 2.24) is 16.0 Å². The summed E-state index contributed by atoms with van der Waals surface area (Å²) in [6, 6.07) is 0.0689. The predicted molar refractivity (Wildman–Crippen MR) is 97.0 cm³/mol. The van der Waals surface area contributed by atoms with Gasteiger partial charge in [0.15, 0.2) is 0 Å². The van der Waals surface area contributed by atoms with Crippen molar-refractivity contribution in [3.8, 4) is 0 Å². The van der Waals surface area contributed by atoms with Crippen LogP contribution in [0.3, 0.4) is 0 Å². The Kier molecular flexibility index (Phi) is 5.03. The lowest BCUT2D eigenvalue weighted by molar-refractivity contribution is -0.122. The molecular weight excluding hydrogens is 314 g/mol. The van der Waals surface area contributed by atoms with Gasteiger partial charge in [0.2, 0.25) is 5.91 Å². The number of carbonyl (C=O) groups excluding carboxylic acids is 2. The summed E-state index contributed by atoms with van der Waals surface area (Å²) in [6.45, 7) is 1.90. The Morgan fingerprint density at radius 1 is 0.880 bits per heavy atom. The first kappa shape index (κ1) is 17.3. The second-order valence-electron chi connectivity index (χ2n) is 9.14. The van der Waals surface area contributed by atoms with E-state index in [1.54, 1.807) is 0 Å². The van der Waals surface area contributed by atoms with Gasteiger partial charge in [0, 0.05) is 12.1 Å². The van der Waals surface area contributed by atoms with E-state index in [4.69, 9.17) is 0 Å². The molecular formula is C20H33N3O2. The lowest BCUT2D eigenvalue weighted by atomic mass is 9.54. The van der Waals surface area contributed by atoms with Crippen LogP contribution in [0.15, 0.2) is 0 Å². The van der Waals surface area contributed by atoms with E-state index < -0.39 is 0 Å². The molecule has 0 spiro atoms. The van der Waals surface area contributed by atoms with Crippen LogP contribution in [-0.2, 0) is 4.79 Å². The average molecular weight is 348 g/mol. The third-order valence-electron chi connectivity index (χ3n) is 7.24. The molecule has 5 fully saturated rings. The Labute approximate surface area is 151 Å². The number of nitrogens with one attached hydrogen (secondary N) is 3. The van der Waals surface area contributed by atoms with Crippen molar-refractivity contribution < 1.29 is 9.59 Å². The lowest BCUT2D eigenvalue weighted by Crippen LogP contribution is -2.59. The molecule has 5 heteroatoms. The van der Waals surface area contributed by atoms with E-state index in [1.165, 1.54) is 51.4 Å². The average Bonchev–Trinajstić information content (AvgIpc) is 2.58. The Hall–Kier alpha value is -1.10. The monoisotopic (exact) mass is 347 g/mol. The van der Waals surface area contributed by atoms with Crippen LogP contribution < -0.4 is 16.0 Å². The molecule has 1 atom stereocenters. The predicted octanol–water partition coefficient (Wildman–Crippen LogP) is 2.95. The maximum Gasteiger partial charge on any atom is 0.321 e. The summed E-state index contributed by atoms with van der Waals surface area (Å²) >= 11 is 0. The van der Waals surface area contributed by atoms with Crippen LogP contribution in [0.5, 0.6) is 0 Å². The van der Waals surface area contributed by atoms with E-state index in [1.807, 2.05) is 6.92 Å². The van der Waals surface area contributed by atoms with Crippen LogP contribution in [-0.4, -0.2) is 30.1 Å². The van der Waals surface area contributed by atoms with Crippen LogP contribution in [0.25, 0.3) is 0 Å². The van der Waals surface area contributed by atoms with E-state index in [9.17, 15) is 9.59 Å². The van der Waals surface area contributed by atoms with E-state index in [2.05, 4.69) is 16.0 Å². The second-order valence-corrected chi connectivity index (χ2v) is 9.14. The van der Waals surface area contributed by atoms with E-state index in [-0.39, 0.29) is 24.0 Å². The standard InChI is InChI=1S/C20H33N3O2/c1-12(19(24)23-20(25)22-17-5-3-2-4-6-17)21-18-15-8-13-7-14(10-15)11-16(18)9-13/h12-18,21H,2-11H2,1H3,(H2,22,23,24,25)/t12-,13?,14?,15?,16?,18?/m0/s1. The van der Waals surface area contributed by atoms with Crippen molar-refractivity contribution in [3.63, 3.8) is 0 Å². The van der Waals surface area contributed by atoms with Gasteiger partial charge in [0.25, 0.3) is 0 Å². The topological polar surface area (TPSA) is 70.2 Å². The molecule has 0 unspecified atom stereocenters. The summed E-state index contributed by atoms with van der Waals surface area (Å²) in [5.74, 6) is 3.16. The number of hydrogen-bond acceptors (Lipinski definition) is 3. The number of carbonyl (C=O) groups is 2. The van der Waals surface area contributed by atoms with Gasteiger partial charge < -0.3 is 10.6 Å². The van der Waals surface area contributed by atoms with Gasteiger partial charge in [-0.1, -0.05) is 19.3 Å². The fraction of sp³-hybridized carbons (Fsp3) is 0.900. The Morgan fingerprint density at radius 2 is 1.48 bits per heavy atom. The molecule has 0 aromatic carbocycles. The summed E-state index contributed by atoms with van der Waals surface area (Å²) < 4.78 is 0. The summed E-state index contributed by atoms with van der Waals surface area (Å²) in [7, 11) is 0. The van der Waals surface area contributed by atoms with Gasteiger partial charge in [-0.15, -0.1) is 0 Å². The fourth-order valence-corrected chi connectivity index (χ4v) is 6.25. The number of imide groups is 1. The molecule has 5 aliphatic rings. The summed E-state index contributed by atoms with van der Waals surface area (Å²) in [6.07, 6.45) is 12.4. The van der Waals surface area contributed by atoms with Gasteiger partial charge in [-0.2, -0.15) is 0 Å². The highest BCUT2D eigenvalue weighted by molar-refractivity contribution is 5.96. The molecule has 4 bridgehead atoms. The maximum atomic E-state index is 12.4. The zero-order valence-electron chi connectivity index (χ0n) is 15.4. The maximum absolute atomic E-state index is 12.4. The molecule has 5 rings (SSSR count). The van der Waals surface area contributed by atoms with E-state index in [0.717, 1.165) is 36.5 Å². The van der Waals surface area contributed by atoms with Crippen LogP contribution in [0.1, 0.15) is 71.1 Å².